The van der Waals surface area contributed by atoms with E-state index in [9.17, 15) is 24.3 Å². The number of alkyl halides is 3. The maximum atomic E-state index is 14.1. The van der Waals surface area contributed by atoms with Crippen LogP contribution in [0.4, 0.5) is 5.69 Å². The Balaban J connectivity index is 1.53. The fraction of sp³-hybridized carbons (Fsp3) is 0.379. The summed E-state index contributed by atoms with van der Waals surface area (Å²) in [5, 5.41) is 10.6. The molecule has 2 aliphatic heterocycles. The van der Waals surface area contributed by atoms with Crippen LogP contribution in [0, 0.1) is 24.7 Å². The van der Waals surface area contributed by atoms with Crippen LogP contribution < -0.4 is 9.64 Å². The monoisotopic (exact) mass is 680 g/mol. The lowest BCUT2D eigenvalue weighted by atomic mass is 9.56. The van der Waals surface area contributed by atoms with Crippen LogP contribution in [-0.2, 0) is 19.2 Å². The van der Waals surface area contributed by atoms with Gasteiger partial charge in [-0.15, -0.1) is 23.2 Å². The lowest BCUT2D eigenvalue weighted by Gasteiger charge is -2.50. The highest BCUT2D eigenvalue weighted by Crippen LogP contribution is 2.66. The second-order valence-corrected chi connectivity index (χ2v) is 13.0. The molecule has 2 aliphatic carbocycles. The van der Waals surface area contributed by atoms with Crippen molar-refractivity contribution in [1.29, 1.82) is 0 Å². The van der Waals surface area contributed by atoms with Gasteiger partial charge in [0.15, 0.2) is 9.75 Å². The number of methoxy groups -OCH3 is 1. The maximum Gasteiger partial charge on any atom is 0.254 e. The predicted octanol–water partition coefficient (Wildman–Crippen LogP) is 5.28. The number of aryl methyl sites for hydroxylation is 1. The zero-order valence-electron chi connectivity index (χ0n) is 21.9. The van der Waals surface area contributed by atoms with Crippen molar-refractivity contribution in [3.63, 3.8) is 0 Å². The number of allylic oxidation sites excluding steroid dienone is 2. The van der Waals surface area contributed by atoms with E-state index < -0.39 is 51.1 Å². The Morgan fingerprint density at radius 1 is 1.05 bits per heavy atom. The van der Waals surface area contributed by atoms with Crippen LogP contribution in [0.3, 0.4) is 0 Å². The summed E-state index contributed by atoms with van der Waals surface area (Å²) in [6.07, 6.45) is 1.94. The zero-order chi connectivity index (χ0) is 29.6. The third-order valence-electron chi connectivity index (χ3n) is 8.96. The number of phenolic OH excluding ortho intramolecular Hbond substituents is 1. The number of likely N-dealkylation sites (tertiary alicyclic amines) is 1. The molecule has 6 atom stereocenters. The van der Waals surface area contributed by atoms with Gasteiger partial charge in [-0.3, -0.25) is 24.1 Å². The fourth-order valence-electron chi connectivity index (χ4n) is 7.01. The van der Waals surface area contributed by atoms with E-state index in [-0.39, 0.29) is 35.7 Å². The first-order valence-corrected chi connectivity index (χ1v) is 15.2. The van der Waals surface area contributed by atoms with Gasteiger partial charge in [0.05, 0.1) is 30.1 Å². The third-order valence-corrected chi connectivity index (χ3v) is 11.3. The maximum absolute atomic E-state index is 14.1. The number of hydrogen-bond donors (Lipinski definition) is 1. The number of benzene rings is 2. The zero-order valence-corrected chi connectivity index (χ0v) is 25.7. The molecular formula is C29H24BrCl3N2O6. The normalized spacial score (nSPS) is 32.6. The van der Waals surface area contributed by atoms with Gasteiger partial charge in [0, 0.05) is 22.6 Å². The van der Waals surface area contributed by atoms with Crippen LogP contribution in [-0.4, -0.2) is 55.9 Å². The summed E-state index contributed by atoms with van der Waals surface area (Å²) in [7, 11) is 1.41. The summed E-state index contributed by atoms with van der Waals surface area (Å²) in [5.41, 5.74) is 2.10. The minimum atomic E-state index is -1.96. The number of hydrogen-bond acceptors (Lipinski definition) is 6. The van der Waals surface area contributed by atoms with E-state index in [1.165, 1.54) is 19.2 Å². The van der Waals surface area contributed by atoms with Crippen molar-refractivity contribution in [3.05, 3.63) is 64.2 Å². The van der Waals surface area contributed by atoms with Crippen LogP contribution in [0.5, 0.6) is 11.5 Å². The molecule has 0 radical (unpaired) electrons. The quantitative estimate of drug-likeness (QED) is 0.204. The molecule has 1 saturated carbocycles. The first-order chi connectivity index (χ1) is 19.4. The van der Waals surface area contributed by atoms with Crippen molar-refractivity contribution in [2.75, 3.05) is 17.5 Å². The molecule has 0 spiro atoms. The molecule has 41 heavy (non-hydrogen) atoms. The standard InChI is InChI=1S/C29H24BrCl3N2O6/c1-13-3-4-14(9-20(13)31)35-24(37)18-8-7-16-19(22(18)25(35)38)11-28(32)26(39)34(12-30)27(40)29(28,33)23(16)17-6-5-15(36)10-21(17)41-2/h3-7,9-10,18-19,22-23,36H,8,11-12H2,1-2H3/t18-,19+,22-,23+,28+,29-/m0/s1. The van der Waals surface area contributed by atoms with Crippen LogP contribution in [0.25, 0.3) is 0 Å². The smallest absolute Gasteiger partial charge is 0.254 e. The van der Waals surface area contributed by atoms with E-state index in [1.54, 1.807) is 24.3 Å². The van der Waals surface area contributed by atoms with Gasteiger partial charge >= 0.3 is 0 Å². The van der Waals surface area contributed by atoms with E-state index in [4.69, 9.17) is 39.5 Å². The first kappa shape index (κ1) is 28.5. The van der Waals surface area contributed by atoms with Gasteiger partial charge in [-0.25, -0.2) is 4.90 Å². The molecule has 2 aromatic carbocycles. The largest absolute Gasteiger partial charge is 0.508 e. The summed E-state index contributed by atoms with van der Waals surface area (Å²) in [5.74, 6) is -5.20. The molecule has 4 aliphatic rings. The van der Waals surface area contributed by atoms with E-state index in [2.05, 4.69) is 15.9 Å². The van der Waals surface area contributed by atoms with E-state index in [0.717, 1.165) is 15.4 Å². The predicted molar refractivity (Wildman–Crippen MR) is 157 cm³/mol. The lowest BCUT2D eigenvalue weighted by molar-refractivity contribution is -0.138. The molecule has 0 bridgehead atoms. The SMILES string of the molecule is COc1cc(O)ccc1[C@H]1C2=CC[C@@H]3C(=O)N(c4ccc(C)c(Cl)c4)C(=O)[C@@H]3[C@@H]2C[C@@]2(Cl)C(=O)N(CBr)C(=O)[C@@]12Cl. The summed E-state index contributed by atoms with van der Waals surface area (Å²) in [4.78, 5) is 53.6. The van der Waals surface area contributed by atoms with Crippen molar-refractivity contribution in [1.82, 2.24) is 4.90 Å². The molecule has 8 nitrogen and oxygen atoms in total. The number of amides is 4. The second kappa shape index (κ2) is 9.73. The Morgan fingerprint density at radius 3 is 2.44 bits per heavy atom. The van der Waals surface area contributed by atoms with Gasteiger partial charge in [-0.1, -0.05) is 51.3 Å². The van der Waals surface area contributed by atoms with Crippen molar-refractivity contribution in [2.45, 2.75) is 35.4 Å². The molecule has 3 fully saturated rings. The Bertz CT molecular complexity index is 1580. The highest BCUT2D eigenvalue weighted by atomic mass is 79.9. The minimum Gasteiger partial charge on any atom is -0.508 e. The van der Waals surface area contributed by atoms with Gasteiger partial charge in [0.2, 0.25) is 11.8 Å². The van der Waals surface area contributed by atoms with E-state index in [0.29, 0.717) is 21.8 Å². The third kappa shape index (κ3) is 3.71. The number of anilines is 1. The van der Waals surface area contributed by atoms with Crippen LogP contribution in [0.2, 0.25) is 5.02 Å². The molecule has 6 rings (SSSR count). The summed E-state index contributed by atoms with van der Waals surface area (Å²) >= 11 is 24.0. The van der Waals surface area contributed by atoms with E-state index >= 15 is 0 Å². The Labute approximate surface area is 259 Å². The molecule has 0 unspecified atom stereocenters. The van der Waals surface area contributed by atoms with Crippen molar-refractivity contribution < 1.29 is 29.0 Å². The Morgan fingerprint density at radius 2 is 1.78 bits per heavy atom. The van der Waals surface area contributed by atoms with Gasteiger partial charge in [0.25, 0.3) is 11.8 Å². The number of aromatic hydroxyl groups is 1. The molecule has 214 valence electrons. The highest BCUT2D eigenvalue weighted by Gasteiger charge is 2.76. The second-order valence-electron chi connectivity index (χ2n) is 10.9. The molecule has 4 amide bonds. The highest BCUT2D eigenvalue weighted by molar-refractivity contribution is 9.09. The molecular weight excluding hydrogens is 659 g/mol. The Kier molecular flexibility index (Phi) is 6.77. The van der Waals surface area contributed by atoms with Gasteiger partial charge < -0.3 is 9.84 Å². The first-order valence-electron chi connectivity index (χ1n) is 12.9. The van der Waals surface area contributed by atoms with Gasteiger partial charge in [-0.2, -0.15) is 0 Å². The number of nitrogens with zero attached hydrogens (tertiary/aromatic N) is 2. The van der Waals surface area contributed by atoms with Crippen molar-refractivity contribution >= 4 is 80.0 Å². The minimum absolute atomic E-state index is 0.0729. The number of fused-ring (bicyclic) bond motifs is 4. The van der Waals surface area contributed by atoms with Crippen LogP contribution in [0.15, 0.2) is 48.0 Å². The molecule has 0 aromatic heterocycles. The molecule has 1 N–H and O–H groups in total. The number of imide groups is 2. The number of rotatable bonds is 4. The average molecular weight is 683 g/mol. The molecule has 2 heterocycles. The van der Waals surface area contributed by atoms with Gasteiger partial charge in [-0.05, 0) is 49.4 Å². The molecule has 2 saturated heterocycles. The summed E-state index contributed by atoms with van der Waals surface area (Å²) < 4.78 is 5.57. The van der Waals surface area contributed by atoms with Crippen LogP contribution >= 0.6 is 50.7 Å². The van der Waals surface area contributed by atoms with Crippen molar-refractivity contribution in [3.8, 4) is 11.5 Å². The fourth-order valence-corrected chi connectivity index (χ4v) is 8.60. The summed E-state index contributed by atoms with van der Waals surface area (Å²) in [6, 6.07) is 9.40. The average Bonchev–Trinajstić information content (AvgIpc) is 3.28. The Hall–Kier alpha value is -2.59. The number of ether oxygens (including phenoxy) is 1. The summed E-state index contributed by atoms with van der Waals surface area (Å²) in [6.45, 7) is 1.82. The molecule has 12 heteroatoms. The van der Waals surface area contributed by atoms with E-state index in [1.807, 2.05) is 13.0 Å². The van der Waals surface area contributed by atoms with Crippen LogP contribution in [0.1, 0.15) is 29.9 Å². The number of phenols is 1. The number of halogens is 4. The van der Waals surface area contributed by atoms with Crippen molar-refractivity contribution in [2.24, 2.45) is 17.8 Å². The topological polar surface area (TPSA) is 104 Å². The molecule has 2 aromatic rings. The van der Waals surface area contributed by atoms with Gasteiger partial charge in [0.1, 0.15) is 11.5 Å². The number of carbonyl (C=O) groups excluding carboxylic acids is 4. The number of carbonyl (C=O) groups is 4. The lowest BCUT2D eigenvalue weighted by Crippen LogP contribution is -2.60.